The van der Waals surface area contributed by atoms with E-state index in [0.29, 0.717) is 33.9 Å². The van der Waals surface area contributed by atoms with E-state index < -0.39 is 0 Å². The van der Waals surface area contributed by atoms with Crippen molar-refractivity contribution < 1.29 is 14.0 Å². The van der Waals surface area contributed by atoms with Crippen molar-refractivity contribution >= 4 is 34.1 Å². The van der Waals surface area contributed by atoms with Gasteiger partial charge in [0.15, 0.2) is 5.76 Å². The Morgan fingerprint density at radius 2 is 1.69 bits per heavy atom. The molecule has 0 bridgehead atoms. The van der Waals surface area contributed by atoms with Gasteiger partial charge in [0.1, 0.15) is 5.69 Å². The number of amides is 2. The first-order chi connectivity index (χ1) is 14.0. The number of carbonyl (C=O) groups excluding carboxylic acids is 2. The van der Waals surface area contributed by atoms with Crippen LogP contribution in [0.25, 0.3) is 22.4 Å². The van der Waals surface area contributed by atoms with E-state index in [-0.39, 0.29) is 11.8 Å². The fraction of sp³-hybridized carbons (Fsp3) is 0.0870. The molecular weight excluding hydrogens is 366 g/mol. The summed E-state index contributed by atoms with van der Waals surface area (Å²) in [5.41, 5.74) is 3.85. The lowest BCUT2D eigenvalue weighted by molar-refractivity contribution is -0.114. The molecule has 0 aliphatic rings. The van der Waals surface area contributed by atoms with Crippen molar-refractivity contribution in [2.75, 3.05) is 10.6 Å². The summed E-state index contributed by atoms with van der Waals surface area (Å²) in [6, 6.07) is 18.2. The molecule has 0 unspecified atom stereocenters. The molecule has 2 heterocycles. The summed E-state index contributed by atoms with van der Waals surface area (Å²) in [5, 5.41) is 6.47. The minimum Gasteiger partial charge on any atom is -0.463 e. The van der Waals surface area contributed by atoms with E-state index in [4.69, 9.17) is 4.42 Å². The van der Waals surface area contributed by atoms with Gasteiger partial charge in [0.25, 0.3) is 5.91 Å². The van der Waals surface area contributed by atoms with E-state index in [1.54, 1.807) is 42.7 Å². The second kappa shape index (κ2) is 7.59. The molecule has 29 heavy (non-hydrogen) atoms. The van der Waals surface area contributed by atoms with Crippen molar-refractivity contribution in [2.45, 2.75) is 13.8 Å². The Bertz CT molecular complexity index is 1210. The molecule has 0 atom stereocenters. The molecule has 6 nitrogen and oxygen atoms in total. The first kappa shape index (κ1) is 18.4. The number of benzene rings is 2. The summed E-state index contributed by atoms with van der Waals surface area (Å²) >= 11 is 0. The van der Waals surface area contributed by atoms with Crippen LogP contribution in [-0.2, 0) is 4.79 Å². The quantitative estimate of drug-likeness (QED) is 0.517. The van der Waals surface area contributed by atoms with Crippen molar-refractivity contribution in [3.8, 4) is 11.5 Å². The summed E-state index contributed by atoms with van der Waals surface area (Å²) in [7, 11) is 0. The van der Waals surface area contributed by atoms with Crippen LogP contribution in [0.2, 0.25) is 0 Å². The monoisotopic (exact) mass is 385 g/mol. The molecule has 6 heteroatoms. The molecule has 0 saturated carbocycles. The predicted molar refractivity (Wildman–Crippen MR) is 113 cm³/mol. The van der Waals surface area contributed by atoms with E-state index in [1.807, 2.05) is 31.2 Å². The van der Waals surface area contributed by atoms with Crippen LogP contribution in [0, 0.1) is 6.92 Å². The first-order valence-electron chi connectivity index (χ1n) is 9.15. The van der Waals surface area contributed by atoms with Gasteiger partial charge in [0, 0.05) is 23.7 Å². The molecule has 2 amide bonds. The predicted octanol–water partition coefficient (Wildman–Crippen LogP) is 5.01. The van der Waals surface area contributed by atoms with Crippen LogP contribution in [0.5, 0.6) is 0 Å². The molecule has 0 spiro atoms. The zero-order chi connectivity index (χ0) is 20.4. The summed E-state index contributed by atoms with van der Waals surface area (Å²) < 4.78 is 5.46. The van der Waals surface area contributed by atoms with E-state index in [1.165, 1.54) is 6.92 Å². The van der Waals surface area contributed by atoms with Gasteiger partial charge in [-0.2, -0.15) is 0 Å². The number of carbonyl (C=O) groups is 2. The summed E-state index contributed by atoms with van der Waals surface area (Å²) in [4.78, 5) is 29.2. The molecule has 0 aliphatic carbocycles. The molecule has 2 aromatic heterocycles. The van der Waals surface area contributed by atoms with E-state index >= 15 is 0 Å². The van der Waals surface area contributed by atoms with Crippen LogP contribution >= 0.6 is 0 Å². The second-order valence-electron chi connectivity index (χ2n) is 6.66. The van der Waals surface area contributed by atoms with Crippen molar-refractivity contribution in [3.63, 3.8) is 0 Å². The maximum atomic E-state index is 13.2. The molecule has 4 aromatic rings. The lowest BCUT2D eigenvalue weighted by atomic mass is 10.1. The molecule has 4 rings (SSSR count). The molecule has 0 saturated heterocycles. The second-order valence-corrected chi connectivity index (χ2v) is 6.66. The third kappa shape index (κ3) is 3.73. The average Bonchev–Trinajstić information content (AvgIpc) is 3.24. The Morgan fingerprint density at radius 3 is 2.41 bits per heavy atom. The van der Waals surface area contributed by atoms with Gasteiger partial charge >= 0.3 is 0 Å². The largest absolute Gasteiger partial charge is 0.463 e. The van der Waals surface area contributed by atoms with Crippen molar-refractivity contribution in [3.05, 3.63) is 78.1 Å². The van der Waals surface area contributed by atoms with Crippen LogP contribution in [0.3, 0.4) is 0 Å². The van der Waals surface area contributed by atoms with E-state index in [2.05, 4.69) is 15.6 Å². The number of aromatic nitrogens is 1. The highest BCUT2D eigenvalue weighted by Gasteiger charge is 2.16. The fourth-order valence-electron chi connectivity index (χ4n) is 3.20. The molecule has 0 radical (unpaired) electrons. The number of para-hydroxylation sites is 1. The van der Waals surface area contributed by atoms with Gasteiger partial charge in [-0.15, -0.1) is 0 Å². The van der Waals surface area contributed by atoms with Crippen molar-refractivity contribution in [2.24, 2.45) is 0 Å². The van der Waals surface area contributed by atoms with Gasteiger partial charge in [-0.3, -0.25) is 9.59 Å². The Balaban J connectivity index is 1.75. The number of furan rings is 1. The van der Waals surface area contributed by atoms with Crippen molar-refractivity contribution in [1.82, 2.24) is 4.98 Å². The standard InChI is InChI=1S/C23H19N3O3/c1-14-18(24-15(2)27)9-5-10-19(14)26-23(28)17-13-21(22-11-6-12-29-22)25-20-8-4-3-7-16(17)20/h3-13H,1-2H3,(H,24,27)(H,26,28). The molecule has 2 aromatic carbocycles. The highest BCUT2D eigenvalue weighted by Crippen LogP contribution is 2.28. The number of nitrogens with one attached hydrogen (secondary N) is 2. The smallest absolute Gasteiger partial charge is 0.256 e. The van der Waals surface area contributed by atoms with Crippen LogP contribution < -0.4 is 10.6 Å². The number of hydrogen-bond donors (Lipinski definition) is 2. The van der Waals surface area contributed by atoms with Gasteiger partial charge in [-0.1, -0.05) is 24.3 Å². The van der Waals surface area contributed by atoms with Gasteiger partial charge in [0.2, 0.25) is 5.91 Å². The van der Waals surface area contributed by atoms with Crippen LogP contribution in [0.4, 0.5) is 11.4 Å². The molecular formula is C23H19N3O3. The molecule has 2 N–H and O–H groups in total. The van der Waals surface area contributed by atoms with E-state index in [0.717, 1.165) is 10.9 Å². The number of nitrogens with zero attached hydrogens (tertiary/aromatic N) is 1. The topological polar surface area (TPSA) is 84.2 Å². The zero-order valence-corrected chi connectivity index (χ0v) is 16.0. The minimum absolute atomic E-state index is 0.167. The summed E-state index contributed by atoms with van der Waals surface area (Å²) in [6.07, 6.45) is 1.57. The molecule has 0 fully saturated rings. The Morgan fingerprint density at radius 1 is 0.931 bits per heavy atom. The van der Waals surface area contributed by atoms with Crippen LogP contribution in [-0.4, -0.2) is 16.8 Å². The maximum Gasteiger partial charge on any atom is 0.256 e. The maximum absolute atomic E-state index is 13.2. The van der Waals surface area contributed by atoms with Gasteiger partial charge in [-0.05, 0) is 48.9 Å². The normalized spacial score (nSPS) is 10.7. The Kier molecular flexibility index (Phi) is 4.83. The first-order valence-corrected chi connectivity index (χ1v) is 9.15. The van der Waals surface area contributed by atoms with Gasteiger partial charge < -0.3 is 15.1 Å². The lowest BCUT2D eigenvalue weighted by Crippen LogP contribution is -2.15. The van der Waals surface area contributed by atoms with Crippen molar-refractivity contribution in [1.29, 1.82) is 0 Å². The third-order valence-corrected chi connectivity index (χ3v) is 4.63. The highest BCUT2D eigenvalue weighted by molar-refractivity contribution is 6.13. The third-order valence-electron chi connectivity index (χ3n) is 4.63. The molecule has 0 aliphatic heterocycles. The number of anilines is 2. The van der Waals surface area contributed by atoms with Crippen LogP contribution in [0.1, 0.15) is 22.8 Å². The minimum atomic E-state index is -0.264. The van der Waals surface area contributed by atoms with Crippen LogP contribution in [0.15, 0.2) is 71.3 Å². The van der Waals surface area contributed by atoms with Gasteiger partial charge in [-0.25, -0.2) is 4.98 Å². The SMILES string of the molecule is CC(=O)Nc1cccc(NC(=O)c2cc(-c3ccco3)nc3ccccc23)c1C. The lowest BCUT2D eigenvalue weighted by Gasteiger charge is -2.14. The van der Waals surface area contributed by atoms with E-state index in [9.17, 15) is 9.59 Å². The molecule has 144 valence electrons. The summed E-state index contributed by atoms with van der Waals surface area (Å²) in [5.74, 6) is 0.160. The summed E-state index contributed by atoms with van der Waals surface area (Å²) in [6.45, 7) is 3.30. The average molecular weight is 385 g/mol. The highest BCUT2D eigenvalue weighted by atomic mass is 16.3. The Labute approximate surface area is 167 Å². The van der Waals surface area contributed by atoms with Gasteiger partial charge in [0.05, 0.1) is 17.3 Å². The number of fused-ring (bicyclic) bond motifs is 1. The number of pyridine rings is 1. The number of hydrogen-bond acceptors (Lipinski definition) is 4. The zero-order valence-electron chi connectivity index (χ0n) is 16.0. The Hall–Kier alpha value is -3.93. The fourth-order valence-corrected chi connectivity index (χ4v) is 3.20. The number of rotatable bonds is 4.